The number of aliphatic hydroxyl groups excluding tert-OH is 1. The van der Waals surface area contributed by atoms with Crippen molar-refractivity contribution in [1.29, 1.82) is 0 Å². The van der Waals surface area contributed by atoms with Crippen LogP contribution in [0, 0.1) is 34.5 Å². The molecule has 2 N–H and O–H groups in total. The molecular weight excluding hydrogens is 463 g/mol. The summed E-state index contributed by atoms with van der Waals surface area (Å²) < 4.78 is 4.95. The van der Waals surface area contributed by atoms with Crippen LogP contribution in [0.4, 0.5) is 0 Å². The van der Waals surface area contributed by atoms with Crippen LogP contribution in [-0.2, 0) is 23.9 Å². The van der Waals surface area contributed by atoms with Gasteiger partial charge in [0.25, 0.3) is 0 Å². The maximum atomic E-state index is 13.1. The second kappa shape index (κ2) is 9.86. The molecule has 0 heterocycles. The van der Waals surface area contributed by atoms with E-state index in [9.17, 15) is 34.5 Å². The van der Waals surface area contributed by atoms with E-state index in [1.165, 1.54) is 0 Å². The van der Waals surface area contributed by atoms with Gasteiger partial charge in [-0.3, -0.25) is 14.4 Å². The minimum atomic E-state index is -1.75. The van der Waals surface area contributed by atoms with E-state index in [0.29, 0.717) is 6.42 Å². The van der Waals surface area contributed by atoms with Gasteiger partial charge < -0.3 is 24.9 Å². The fraction of sp³-hybridized carbons (Fsp3) is 0.692. The molecule has 0 aromatic carbocycles. The molecule has 0 radical (unpaired) electrons. The van der Waals surface area contributed by atoms with E-state index in [1.807, 2.05) is 13.0 Å². The molecule has 0 aromatic heterocycles. The molecule has 0 aliphatic heterocycles. The zero-order chi connectivity index (χ0) is 25.1. The Balaban J connectivity index is 0.00000342. The molecule has 9 heteroatoms. The molecule has 8 atom stereocenters. The van der Waals surface area contributed by atoms with Gasteiger partial charge in [-0.15, -0.1) is 0 Å². The van der Waals surface area contributed by atoms with Crippen molar-refractivity contribution < 1.29 is 68.8 Å². The van der Waals surface area contributed by atoms with Crippen LogP contribution in [-0.4, -0.2) is 52.0 Å². The normalized spacial score (nSPS) is 41.6. The first kappa shape index (κ1) is 28.3. The Morgan fingerprint density at radius 1 is 1.23 bits per heavy atom. The van der Waals surface area contributed by atoms with Gasteiger partial charge in [0.2, 0.25) is 5.78 Å². The standard InChI is InChI=1S/C26H34O8.Na/c1-14-10-16-17-7-9-26(33,20(29)13-34-22(32)5-4-21(30)31)25(17,3)12-19(28)23(16)24(2)8-6-15(27)11-18(14)24;/h6,8,11,14,16-17,19,23,28,33H,4-5,7,9-10,12-13H2,1-3H3,(H,30,31);/q;+1/p-1/t14-,16-,17-,19?,23+,24-,25-,26-;/m0./s1. The number of hydrogen-bond donors (Lipinski definition) is 2. The Bertz CT molecular complexity index is 988. The average Bonchev–Trinajstić information content (AvgIpc) is 3.03. The number of Topliss-reactive ketones (excluding diaryl/α,β-unsaturated/α-hetero) is 1. The van der Waals surface area contributed by atoms with Crippen molar-refractivity contribution in [3.05, 3.63) is 23.8 Å². The first-order valence-electron chi connectivity index (χ1n) is 12.1. The third-order valence-electron chi connectivity index (χ3n) is 9.33. The van der Waals surface area contributed by atoms with Crippen molar-refractivity contribution >= 4 is 23.5 Å². The molecule has 4 rings (SSSR count). The summed E-state index contributed by atoms with van der Waals surface area (Å²) in [7, 11) is 0. The van der Waals surface area contributed by atoms with Crippen LogP contribution in [0.2, 0.25) is 0 Å². The van der Waals surface area contributed by atoms with Gasteiger partial charge in [-0.25, -0.2) is 0 Å². The quantitative estimate of drug-likeness (QED) is 0.314. The number of esters is 1. The van der Waals surface area contributed by atoms with Crippen molar-refractivity contribution in [2.75, 3.05) is 6.61 Å². The van der Waals surface area contributed by atoms with Gasteiger partial charge in [0.15, 0.2) is 12.4 Å². The number of aliphatic carboxylic acids is 1. The van der Waals surface area contributed by atoms with Gasteiger partial charge in [-0.2, -0.15) is 0 Å². The summed E-state index contributed by atoms with van der Waals surface area (Å²) in [4.78, 5) is 47.5. The molecule has 35 heavy (non-hydrogen) atoms. The fourth-order valence-corrected chi connectivity index (χ4v) is 7.75. The second-order valence-electron chi connectivity index (χ2n) is 11.1. The predicted octanol–water partition coefficient (Wildman–Crippen LogP) is -2.11. The number of ether oxygens (including phenoxy) is 1. The molecule has 3 fully saturated rings. The van der Waals surface area contributed by atoms with E-state index in [2.05, 4.69) is 13.8 Å². The second-order valence-corrected chi connectivity index (χ2v) is 11.1. The van der Waals surface area contributed by atoms with E-state index in [1.54, 1.807) is 12.2 Å². The molecule has 1 unspecified atom stereocenters. The molecule has 0 amide bonds. The Morgan fingerprint density at radius 3 is 2.57 bits per heavy atom. The number of carboxylic acids is 1. The summed E-state index contributed by atoms with van der Waals surface area (Å²) in [5, 5.41) is 33.6. The van der Waals surface area contributed by atoms with Crippen LogP contribution >= 0.6 is 0 Å². The molecule has 0 bridgehead atoms. The van der Waals surface area contributed by atoms with Crippen LogP contribution in [0.3, 0.4) is 0 Å². The predicted molar refractivity (Wildman–Crippen MR) is 118 cm³/mol. The topological polar surface area (TPSA) is 141 Å². The van der Waals surface area contributed by atoms with Crippen LogP contribution in [0.1, 0.15) is 59.3 Å². The SMILES string of the molecule is C[C@H]1C[C@@H]2[C@H](C(O)C[C@@]3(C)[C@H]2CC[C@]3(O)C(=O)COC(=O)CCC(=O)[O-])[C@@]2(C)C=CC(=O)C=C12.[Na+]. The summed E-state index contributed by atoms with van der Waals surface area (Å²) in [6.07, 6.45) is 5.30. The summed E-state index contributed by atoms with van der Waals surface area (Å²) in [5.74, 6) is -2.85. The Hall–Kier alpha value is -1.32. The molecule has 4 aliphatic carbocycles. The number of aliphatic hydroxyl groups is 2. The minimum Gasteiger partial charge on any atom is -0.550 e. The summed E-state index contributed by atoms with van der Waals surface area (Å²) >= 11 is 0. The average molecular weight is 497 g/mol. The monoisotopic (exact) mass is 496 g/mol. The van der Waals surface area contributed by atoms with Crippen molar-refractivity contribution in [3.8, 4) is 0 Å². The molecule has 0 aromatic rings. The Labute approximate surface area is 227 Å². The van der Waals surface area contributed by atoms with E-state index in [-0.39, 0.29) is 71.9 Å². The molecule has 4 aliphatic rings. The number of carbonyl (C=O) groups excluding carboxylic acids is 4. The molecule has 3 saturated carbocycles. The number of hydrogen-bond acceptors (Lipinski definition) is 8. The van der Waals surface area contributed by atoms with Gasteiger partial charge in [0.05, 0.1) is 12.5 Å². The minimum absolute atomic E-state index is 0. The van der Waals surface area contributed by atoms with Crippen LogP contribution in [0.15, 0.2) is 23.8 Å². The van der Waals surface area contributed by atoms with Crippen LogP contribution in [0.5, 0.6) is 0 Å². The van der Waals surface area contributed by atoms with E-state index in [4.69, 9.17) is 4.74 Å². The molecular formula is C26H33NaO8. The maximum Gasteiger partial charge on any atom is 1.00 e. The van der Waals surface area contributed by atoms with Crippen molar-refractivity contribution in [3.63, 3.8) is 0 Å². The number of allylic oxidation sites excluding steroid dienone is 4. The first-order valence-corrected chi connectivity index (χ1v) is 12.1. The van der Waals surface area contributed by atoms with E-state index < -0.39 is 59.7 Å². The Morgan fingerprint density at radius 2 is 1.91 bits per heavy atom. The Kier molecular flexibility index (Phi) is 7.96. The maximum absolute atomic E-state index is 13.1. The van der Waals surface area contributed by atoms with Crippen LogP contribution in [0.25, 0.3) is 0 Å². The number of rotatable bonds is 6. The van der Waals surface area contributed by atoms with Gasteiger partial charge in [0.1, 0.15) is 5.60 Å². The van der Waals surface area contributed by atoms with Gasteiger partial charge in [-0.1, -0.05) is 32.4 Å². The molecule has 0 saturated heterocycles. The molecule has 186 valence electrons. The smallest absolute Gasteiger partial charge is 0.550 e. The molecule has 8 nitrogen and oxygen atoms in total. The first-order chi connectivity index (χ1) is 15.8. The van der Waals surface area contributed by atoms with Crippen molar-refractivity contribution in [2.45, 2.75) is 71.0 Å². The van der Waals surface area contributed by atoms with Gasteiger partial charge in [-0.05, 0) is 62.0 Å². The molecule has 0 spiro atoms. The van der Waals surface area contributed by atoms with Crippen LogP contribution < -0.4 is 34.7 Å². The van der Waals surface area contributed by atoms with E-state index in [0.717, 1.165) is 12.0 Å². The number of ketones is 2. The largest absolute Gasteiger partial charge is 1.00 e. The third kappa shape index (κ3) is 4.50. The summed E-state index contributed by atoms with van der Waals surface area (Å²) in [6, 6.07) is 0. The van der Waals surface area contributed by atoms with Crippen molar-refractivity contribution in [2.24, 2.45) is 34.5 Å². The third-order valence-corrected chi connectivity index (χ3v) is 9.33. The fourth-order valence-electron chi connectivity index (χ4n) is 7.75. The number of fused-ring (bicyclic) bond motifs is 5. The summed E-state index contributed by atoms with van der Waals surface area (Å²) in [6.45, 7) is 5.36. The summed E-state index contributed by atoms with van der Waals surface area (Å²) in [5.41, 5.74) is -2.07. The number of carbonyl (C=O) groups is 4. The van der Waals surface area contributed by atoms with Gasteiger partial charge >= 0.3 is 35.5 Å². The zero-order valence-electron chi connectivity index (χ0n) is 20.9. The van der Waals surface area contributed by atoms with Gasteiger partial charge in [0, 0.05) is 22.7 Å². The van der Waals surface area contributed by atoms with Crippen molar-refractivity contribution in [1.82, 2.24) is 0 Å². The number of carboxylic acid groups (broad SMARTS) is 1. The zero-order valence-corrected chi connectivity index (χ0v) is 22.9. The van der Waals surface area contributed by atoms with E-state index >= 15 is 0 Å².